The monoisotopic (exact) mass is 440 g/mol. The lowest BCUT2D eigenvalue weighted by molar-refractivity contribution is 0.0884. The van der Waals surface area contributed by atoms with Gasteiger partial charge >= 0.3 is 0 Å². The Labute approximate surface area is 155 Å². The lowest BCUT2D eigenvalue weighted by Gasteiger charge is -2.29. The largest absolute Gasteiger partial charge is 0.486 e. The number of benzene rings is 1. The van der Waals surface area contributed by atoms with E-state index in [9.17, 15) is 4.79 Å². The van der Waals surface area contributed by atoms with Crippen LogP contribution in [0.25, 0.3) is 0 Å². The molecule has 0 radical (unpaired) electrons. The predicted molar refractivity (Wildman–Crippen MR) is 100 cm³/mol. The van der Waals surface area contributed by atoms with Crippen LogP contribution < -0.4 is 10.1 Å². The Kier molecular flexibility index (Phi) is 5.78. The van der Waals surface area contributed by atoms with Crippen molar-refractivity contribution in [3.05, 3.63) is 51.5 Å². The van der Waals surface area contributed by atoms with Gasteiger partial charge in [-0.15, -0.1) is 0 Å². The number of carbonyl (C=O) groups excluding carboxylic acids is 1. The summed E-state index contributed by atoms with van der Waals surface area (Å²) in [5.74, 6) is 1.62. The van der Waals surface area contributed by atoms with Crippen LogP contribution in [0.1, 0.15) is 29.2 Å². The van der Waals surface area contributed by atoms with Crippen LogP contribution in [0.15, 0.2) is 40.8 Å². The summed E-state index contributed by atoms with van der Waals surface area (Å²) in [6.45, 7) is 2.33. The highest BCUT2D eigenvalue weighted by Gasteiger charge is 2.20. The highest BCUT2D eigenvalue weighted by molar-refractivity contribution is 14.1. The molecule has 1 N–H and O–H groups in total. The van der Waals surface area contributed by atoms with Gasteiger partial charge < -0.3 is 19.4 Å². The van der Waals surface area contributed by atoms with Gasteiger partial charge in [-0.3, -0.25) is 4.79 Å². The van der Waals surface area contributed by atoms with Crippen LogP contribution in [0.5, 0.6) is 5.75 Å². The Morgan fingerprint density at radius 3 is 2.67 bits per heavy atom. The van der Waals surface area contributed by atoms with Crippen LogP contribution >= 0.6 is 22.6 Å². The second-order valence-corrected chi connectivity index (χ2v) is 7.31. The molecule has 24 heavy (non-hydrogen) atoms. The Bertz CT molecular complexity index is 676. The van der Waals surface area contributed by atoms with Crippen LogP contribution in [0.4, 0.5) is 0 Å². The van der Waals surface area contributed by atoms with Gasteiger partial charge in [0, 0.05) is 9.61 Å². The first-order valence-corrected chi connectivity index (χ1v) is 9.14. The normalized spacial score (nSPS) is 16.1. The highest BCUT2D eigenvalue weighted by atomic mass is 127. The third-order valence-corrected chi connectivity index (χ3v) is 4.85. The average molecular weight is 440 g/mol. The molecule has 0 unspecified atom stereocenters. The van der Waals surface area contributed by atoms with Crippen molar-refractivity contribution in [1.29, 1.82) is 0 Å². The summed E-state index contributed by atoms with van der Waals surface area (Å²) in [5, 5.41) is 3.05. The fourth-order valence-electron chi connectivity index (χ4n) is 2.67. The summed E-state index contributed by atoms with van der Waals surface area (Å²) in [6.07, 6.45) is 1.96. The molecule has 6 heteroatoms. The van der Waals surface area contributed by atoms with Gasteiger partial charge in [0.05, 0.1) is 0 Å². The van der Waals surface area contributed by atoms with Crippen LogP contribution in [0.2, 0.25) is 0 Å². The SMILES string of the molecule is CN1CCC(NC(=O)c2ccc(COc3ccc(I)cc3)o2)CC1. The Morgan fingerprint density at radius 1 is 1.25 bits per heavy atom. The first-order valence-electron chi connectivity index (χ1n) is 8.06. The van der Waals surface area contributed by atoms with E-state index in [-0.39, 0.29) is 11.9 Å². The Hall–Kier alpha value is -1.54. The minimum absolute atomic E-state index is 0.148. The average Bonchev–Trinajstić information content (AvgIpc) is 3.06. The van der Waals surface area contributed by atoms with Crippen molar-refractivity contribution in [2.45, 2.75) is 25.5 Å². The maximum atomic E-state index is 12.3. The molecular weight excluding hydrogens is 419 g/mol. The quantitative estimate of drug-likeness (QED) is 0.726. The molecular formula is C18H21IN2O3. The maximum Gasteiger partial charge on any atom is 0.287 e. The first kappa shape index (κ1) is 17.3. The lowest BCUT2D eigenvalue weighted by Crippen LogP contribution is -2.43. The van der Waals surface area contributed by atoms with Crippen LogP contribution in [0, 0.1) is 3.57 Å². The summed E-state index contributed by atoms with van der Waals surface area (Å²) in [4.78, 5) is 14.5. The fraction of sp³-hybridized carbons (Fsp3) is 0.389. The summed E-state index contributed by atoms with van der Waals surface area (Å²) in [6, 6.07) is 11.5. The number of hydrogen-bond donors (Lipinski definition) is 1. The number of hydrogen-bond acceptors (Lipinski definition) is 4. The zero-order valence-electron chi connectivity index (χ0n) is 13.6. The molecule has 128 valence electrons. The zero-order valence-corrected chi connectivity index (χ0v) is 15.8. The standard InChI is InChI=1S/C18H21IN2O3/c1-21-10-8-14(9-11-21)20-18(22)17-7-6-16(24-17)12-23-15-4-2-13(19)3-5-15/h2-7,14H,8-12H2,1H3,(H,20,22). The second-order valence-electron chi connectivity index (χ2n) is 6.06. The predicted octanol–water partition coefficient (Wildman–Crippen LogP) is 3.29. The van der Waals surface area contributed by atoms with E-state index in [0.717, 1.165) is 35.3 Å². The summed E-state index contributed by atoms with van der Waals surface area (Å²) >= 11 is 2.25. The summed E-state index contributed by atoms with van der Waals surface area (Å²) < 4.78 is 12.4. The lowest BCUT2D eigenvalue weighted by atomic mass is 10.1. The minimum atomic E-state index is -0.148. The van der Waals surface area contributed by atoms with Crippen LogP contribution in [-0.4, -0.2) is 37.0 Å². The number of carbonyl (C=O) groups is 1. The molecule has 1 aromatic heterocycles. The van der Waals surface area contributed by atoms with Gasteiger partial charge in [-0.2, -0.15) is 0 Å². The number of nitrogens with one attached hydrogen (secondary N) is 1. The zero-order chi connectivity index (χ0) is 16.9. The topological polar surface area (TPSA) is 54.7 Å². The van der Waals surface area contributed by atoms with Gasteiger partial charge in [0.1, 0.15) is 18.1 Å². The van der Waals surface area contributed by atoms with Crippen LogP contribution in [0.3, 0.4) is 0 Å². The van der Waals surface area contributed by atoms with Crippen LogP contribution in [-0.2, 0) is 6.61 Å². The molecule has 2 aromatic rings. The third kappa shape index (κ3) is 4.73. The van der Waals surface area contributed by atoms with Crippen molar-refractivity contribution >= 4 is 28.5 Å². The Balaban J connectivity index is 1.51. The van der Waals surface area contributed by atoms with Gasteiger partial charge in [-0.05, 0) is 92.0 Å². The van der Waals surface area contributed by atoms with Crippen molar-refractivity contribution in [2.24, 2.45) is 0 Å². The molecule has 0 atom stereocenters. The molecule has 0 saturated carbocycles. The van der Waals surface area contributed by atoms with E-state index >= 15 is 0 Å². The van der Waals surface area contributed by atoms with E-state index in [4.69, 9.17) is 9.15 Å². The molecule has 1 aliphatic heterocycles. The number of nitrogens with zero attached hydrogens (tertiary/aromatic N) is 1. The smallest absolute Gasteiger partial charge is 0.287 e. The van der Waals surface area contributed by atoms with E-state index in [1.165, 1.54) is 0 Å². The summed E-state index contributed by atoms with van der Waals surface area (Å²) in [7, 11) is 2.10. The number of piperidine rings is 1. The Morgan fingerprint density at radius 2 is 1.96 bits per heavy atom. The van der Waals surface area contributed by atoms with E-state index in [0.29, 0.717) is 18.1 Å². The molecule has 1 fully saturated rings. The molecule has 2 heterocycles. The van der Waals surface area contributed by atoms with E-state index in [2.05, 4.69) is 39.9 Å². The van der Waals surface area contributed by atoms with Crippen molar-refractivity contribution in [1.82, 2.24) is 10.2 Å². The molecule has 1 saturated heterocycles. The first-order chi connectivity index (χ1) is 11.6. The molecule has 0 aliphatic carbocycles. The van der Waals surface area contributed by atoms with Crippen molar-refractivity contribution in [3.8, 4) is 5.75 Å². The van der Waals surface area contributed by atoms with Gasteiger partial charge in [-0.1, -0.05) is 0 Å². The van der Waals surface area contributed by atoms with E-state index in [1.807, 2.05) is 24.3 Å². The van der Waals surface area contributed by atoms with Gasteiger partial charge in [0.25, 0.3) is 5.91 Å². The van der Waals surface area contributed by atoms with Gasteiger partial charge in [-0.25, -0.2) is 0 Å². The third-order valence-electron chi connectivity index (χ3n) is 4.13. The molecule has 0 spiro atoms. The van der Waals surface area contributed by atoms with Gasteiger partial charge in [0.2, 0.25) is 0 Å². The number of ether oxygens (including phenoxy) is 1. The highest BCUT2D eigenvalue weighted by Crippen LogP contribution is 2.17. The number of likely N-dealkylation sites (tertiary alicyclic amines) is 1. The number of amides is 1. The van der Waals surface area contributed by atoms with Crippen molar-refractivity contribution in [2.75, 3.05) is 20.1 Å². The van der Waals surface area contributed by atoms with E-state index in [1.54, 1.807) is 12.1 Å². The minimum Gasteiger partial charge on any atom is -0.486 e. The second kappa shape index (κ2) is 8.02. The molecule has 0 bridgehead atoms. The molecule has 1 aliphatic rings. The van der Waals surface area contributed by atoms with Crippen molar-refractivity contribution in [3.63, 3.8) is 0 Å². The molecule has 1 amide bonds. The number of furan rings is 1. The molecule has 3 rings (SSSR count). The van der Waals surface area contributed by atoms with Gasteiger partial charge in [0.15, 0.2) is 5.76 Å². The van der Waals surface area contributed by atoms with Crippen molar-refractivity contribution < 1.29 is 13.9 Å². The summed E-state index contributed by atoms with van der Waals surface area (Å²) in [5.41, 5.74) is 0. The number of halogens is 1. The fourth-order valence-corrected chi connectivity index (χ4v) is 3.03. The maximum absolute atomic E-state index is 12.3. The van der Waals surface area contributed by atoms with E-state index < -0.39 is 0 Å². The molecule has 5 nitrogen and oxygen atoms in total. The molecule has 1 aromatic carbocycles. The number of rotatable bonds is 5.